The van der Waals surface area contributed by atoms with E-state index in [2.05, 4.69) is 26.0 Å². The Morgan fingerprint density at radius 3 is 2.62 bits per heavy atom. The molecule has 1 aromatic carbocycles. The number of aromatic nitrogens is 2. The van der Waals surface area contributed by atoms with Crippen molar-refractivity contribution in [2.24, 2.45) is 5.10 Å². The van der Waals surface area contributed by atoms with Gasteiger partial charge in [0.1, 0.15) is 5.75 Å². The van der Waals surface area contributed by atoms with Gasteiger partial charge in [0.05, 0.1) is 28.1 Å². The highest BCUT2D eigenvalue weighted by molar-refractivity contribution is 9.10. The zero-order chi connectivity index (χ0) is 15.8. The Labute approximate surface area is 126 Å². The number of halogens is 4. The smallest absolute Gasteiger partial charge is 0.417 e. The van der Waals surface area contributed by atoms with Crippen molar-refractivity contribution in [1.29, 1.82) is 0 Å². The summed E-state index contributed by atoms with van der Waals surface area (Å²) in [6.07, 6.45) is -2.27. The van der Waals surface area contributed by atoms with Crippen molar-refractivity contribution < 1.29 is 18.3 Å². The summed E-state index contributed by atoms with van der Waals surface area (Å²) in [5, 5.41) is 13.6. The Morgan fingerprint density at radius 2 is 2.10 bits per heavy atom. The van der Waals surface area contributed by atoms with E-state index in [0.717, 1.165) is 23.0 Å². The minimum atomic E-state index is -4.62. The molecule has 1 heterocycles. The number of aryl methyl sites for hydroxylation is 1. The van der Waals surface area contributed by atoms with E-state index in [9.17, 15) is 18.3 Å². The maximum atomic E-state index is 12.9. The van der Waals surface area contributed by atoms with Crippen molar-refractivity contribution in [3.8, 4) is 5.75 Å². The number of anilines is 1. The predicted molar refractivity (Wildman–Crippen MR) is 75.2 cm³/mol. The number of rotatable bonds is 2. The van der Waals surface area contributed by atoms with Crippen LogP contribution in [0.25, 0.3) is 0 Å². The molecule has 0 saturated carbocycles. The molecule has 0 spiro atoms. The molecule has 21 heavy (non-hydrogen) atoms. The SMILES string of the molecule is Cc1cn(N=Cc2c(C(F)(F)F)ccc(Br)c2O)c(N)n1. The van der Waals surface area contributed by atoms with Crippen LogP contribution in [0.2, 0.25) is 0 Å². The van der Waals surface area contributed by atoms with Gasteiger partial charge < -0.3 is 10.8 Å². The standard InChI is InChI=1S/C12H10BrF3N4O/c1-6-5-20(11(17)19-6)18-4-7-8(12(14,15)16)2-3-9(13)10(7)21/h2-5,21H,1H3,(H2,17,19). The number of nitrogen functional groups attached to an aromatic ring is 1. The Morgan fingerprint density at radius 1 is 1.43 bits per heavy atom. The first-order valence-electron chi connectivity index (χ1n) is 5.64. The van der Waals surface area contributed by atoms with Crippen LogP contribution in [0.5, 0.6) is 5.75 Å². The van der Waals surface area contributed by atoms with Gasteiger partial charge in [0.2, 0.25) is 5.95 Å². The van der Waals surface area contributed by atoms with E-state index in [1.54, 1.807) is 6.92 Å². The molecule has 0 bridgehead atoms. The third kappa shape index (κ3) is 3.18. The summed E-state index contributed by atoms with van der Waals surface area (Å²) in [5.41, 5.74) is 4.66. The second kappa shape index (κ2) is 5.40. The first-order valence-corrected chi connectivity index (χ1v) is 6.44. The Balaban J connectivity index is 2.53. The molecule has 0 amide bonds. The third-order valence-corrected chi connectivity index (χ3v) is 3.26. The van der Waals surface area contributed by atoms with Crippen LogP contribution in [0.15, 0.2) is 27.9 Å². The molecule has 5 nitrogen and oxygen atoms in total. The van der Waals surface area contributed by atoms with Crippen molar-refractivity contribution in [1.82, 2.24) is 9.66 Å². The molecule has 112 valence electrons. The van der Waals surface area contributed by atoms with Gasteiger partial charge in [-0.25, -0.2) is 9.66 Å². The fourth-order valence-electron chi connectivity index (χ4n) is 1.68. The van der Waals surface area contributed by atoms with E-state index in [0.29, 0.717) is 5.69 Å². The quantitative estimate of drug-likeness (QED) is 0.805. The maximum Gasteiger partial charge on any atom is 0.417 e. The molecule has 0 radical (unpaired) electrons. The zero-order valence-corrected chi connectivity index (χ0v) is 12.3. The summed E-state index contributed by atoms with van der Waals surface area (Å²) in [4.78, 5) is 3.87. The van der Waals surface area contributed by atoms with Gasteiger partial charge in [0.15, 0.2) is 0 Å². The monoisotopic (exact) mass is 362 g/mol. The van der Waals surface area contributed by atoms with E-state index in [1.165, 1.54) is 6.20 Å². The topological polar surface area (TPSA) is 76.4 Å². The number of imidazole rings is 1. The molecule has 0 unspecified atom stereocenters. The molecule has 2 rings (SSSR count). The minimum absolute atomic E-state index is 0.0341. The van der Waals surface area contributed by atoms with Crippen LogP contribution < -0.4 is 5.73 Å². The van der Waals surface area contributed by atoms with Crippen LogP contribution in [0.1, 0.15) is 16.8 Å². The Hall–Kier alpha value is -2.03. The number of aromatic hydroxyl groups is 1. The van der Waals surface area contributed by atoms with Crippen molar-refractivity contribution in [3.63, 3.8) is 0 Å². The van der Waals surface area contributed by atoms with Crippen LogP contribution in [-0.2, 0) is 6.18 Å². The van der Waals surface area contributed by atoms with Crippen molar-refractivity contribution >= 4 is 28.1 Å². The average molecular weight is 363 g/mol. The fourth-order valence-corrected chi connectivity index (χ4v) is 2.02. The largest absolute Gasteiger partial charge is 0.506 e. The fraction of sp³-hybridized carbons (Fsp3) is 0.167. The van der Waals surface area contributed by atoms with Gasteiger partial charge in [-0.2, -0.15) is 18.3 Å². The van der Waals surface area contributed by atoms with Gasteiger partial charge in [0.25, 0.3) is 0 Å². The van der Waals surface area contributed by atoms with Gasteiger partial charge >= 0.3 is 6.18 Å². The number of phenolic OH excluding ortho intramolecular Hbond substituents is 1. The average Bonchev–Trinajstić information content (AvgIpc) is 2.68. The lowest BCUT2D eigenvalue weighted by atomic mass is 10.1. The lowest BCUT2D eigenvalue weighted by Crippen LogP contribution is -2.09. The molecule has 0 aliphatic rings. The van der Waals surface area contributed by atoms with Gasteiger partial charge in [0, 0.05) is 5.56 Å². The molecule has 9 heteroatoms. The van der Waals surface area contributed by atoms with Crippen LogP contribution in [0.3, 0.4) is 0 Å². The van der Waals surface area contributed by atoms with Gasteiger partial charge in [-0.3, -0.25) is 0 Å². The van der Waals surface area contributed by atoms with Crippen molar-refractivity contribution in [2.75, 3.05) is 5.73 Å². The summed E-state index contributed by atoms with van der Waals surface area (Å²) in [5.74, 6) is -0.518. The molecular formula is C12H10BrF3N4O. The van der Waals surface area contributed by atoms with Crippen LogP contribution >= 0.6 is 15.9 Å². The summed E-state index contributed by atoms with van der Waals surface area (Å²) in [6, 6.07) is 1.97. The number of nitrogens with two attached hydrogens (primary N) is 1. The van der Waals surface area contributed by atoms with Crippen LogP contribution in [-0.4, -0.2) is 21.0 Å². The molecule has 3 N–H and O–H groups in total. The molecule has 0 aliphatic heterocycles. The lowest BCUT2D eigenvalue weighted by Gasteiger charge is -2.12. The third-order valence-electron chi connectivity index (χ3n) is 2.62. The molecule has 0 saturated heterocycles. The van der Waals surface area contributed by atoms with Gasteiger partial charge in [-0.15, -0.1) is 0 Å². The number of hydrogen-bond donors (Lipinski definition) is 2. The molecule has 2 aromatic rings. The molecule has 0 atom stereocenters. The first-order chi connectivity index (χ1) is 9.70. The van der Waals surface area contributed by atoms with E-state index < -0.39 is 23.1 Å². The number of alkyl halides is 3. The second-order valence-corrected chi connectivity index (χ2v) is 5.04. The van der Waals surface area contributed by atoms with Crippen LogP contribution in [0.4, 0.5) is 19.1 Å². The maximum absolute atomic E-state index is 12.9. The normalized spacial score (nSPS) is 12.2. The molecule has 0 fully saturated rings. The van der Waals surface area contributed by atoms with Crippen molar-refractivity contribution in [3.05, 3.63) is 39.6 Å². The van der Waals surface area contributed by atoms with E-state index in [1.807, 2.05) is 0 Å². The first kappa shape index (κ1) is 15.4. The molecular weight excluding hydrogens is 353 g/mol. The Kier molecular flexibility index (Phi) is 3.95. The lowest BCUT2D eigenvalue weighted by molar-refractivity contribution is -0.137. The minimum Gasteiger partial charge on any atom is -0.506 e. The molecule has 0 aliphatic carbocycles. The number of benzene rings is 1. The number of nitrogens with zero attached hydrogens (tertiary/aromatic N) is 3. The van der Waals surface area contributed by atoms with Gasteiger partial charge in [-0.05, 0) is 35.0 Å². The van der Waals surface area contributed by atoms with Crippen LogP contribution in [0, 0.1) is 6.92 Å². The van der Waals surface area contributed by atoms with Crippen molar-refractivity contribution in [2.45, 2.75) is 13.1 Å². The zero-order valence-electron chi connectivity index (χ0n) is 10.7. The summed E-state index contributed by atoms with van der Waals surface area (Å²) < 4.78 is 40.1. The highest BCUT2D eigenvalue weighted by Gasteiger charge is 2.34. The Bertz CT molecular complexity index is 709. The van der Waals surface area contributed by atoms with Gasteiger partial charge in [-0.1, -0.05) is 0 Å². The number of hydrogen-bond acceptors (Lipinski definition) is 4. The predicted octanol–water partition coefficient (Wildman–Crippen LogP) is 3.14. The summed E-state index contributed by atoms with van der Waals surface area (Å²) in [6.45, 7) is 1.67. The summed E-state index contributed by atoms with van der Waals surface area (Å²) in [7, 11) is 0. The highest BCUT2D eigenvalue weighted by atomic mass is 79.9. The highest BCUT2D eigenvalue weighted by Crippen LogP contribution is 2.38. The second-order valence-electron chi connectivity index (χ2n) is 4.18. The van der Waals surface area contributed by atoms with E-state index >= 15 is 0 Å². The number of phenols is 1. The van der Waals surface area contributed by atoms with E-state index in [4.69, 9.17) is 5.73 Å². The molecule has 1 aromatic heterocycles. The summed E-state index contributed by atoms with van der Waals surface area (Å²) >= 11 is 2.97. The van der Waals surface area contributed by atoms with E-state index in [-0.39, 0.29) is 10.4 Å².